The van der Waals surface area contributed by atoms with Gasteiger partial charge in [-0.25, -0.2) is 0 Å². The normalized spacial score (nSPS) is 26.1. The molecule has 0 heterocycles. The highest BCUT2D eigenvalue weighted by atomic mass is 16.1. The van der Waals surface area contributed by atoms with Crippen LogP contribution in [0.4, 0.5) is 0 Å². The molecule has 1 heteroatoms. The van der Waals surface area contributed by atoms with Crippen LogP contribution in [0.3, 0.4) is 0 Å². The van der Waals surface area contributed by atoms with Crippen molar-refractivity contribution in [2.45, 2.75) is 46.0 Å². The Bertz CT molecular complexity index is 138. The Labute approximate surface area is 69.2 Å². The van der Waals surface area contributed by atoms with Crippen LogP contribution >= 0.6 is 0 Å². The van der Waals surface area contributed by atoms with E-state index in [0.717, 1.165) is 25.7 Å². The van der Waals surface area contributed by atoms with E-state index in [0.29, 0.717) is 17.6 Å². The molecule has 0 radical (unpaired) electrons. The number of rotatable bonds is 2. The van der Waals surface area contributed by atoms with Crippen LogP contribution in [0.15, 0.2) is 0 Å². The van der Waals surface area contributed by atoms with Crippen LogP contribution in [0.5, 0.6) is 0 Å². The SMILES string of the molecule is CC(C)C[C@H]1CCCCC1=O. The predicted octanol–water partition coefficient (Wildman–Crippen LogP) is 2.79. The first kappa shape index (κ1) is 8.76. The third-order valence-electron chi connectivity index (χ3n) is 2.44. The van der Waals surface area contributed by atoms with Crippen molar-refractivity contribution in [3.63, 3.8) is 0 Å². The second-order valence-electron chi connectivity index (χ2n) is 4.04. The molecule has 1 atom stereocenters. The van der Waals surface area contributed by atoms with Crippen molar-refractivity contribution >= 4 is 5.78 Å². The van der Waals surface area contributed by atoms with Gasteiger partial charge in [-0.3, -0.25) is 4.79 Å². The average Bonchev–Trinajstić information content (AvgIpc) is 1.93. The zero-order valence-electron chi connectivity index (χ0n) is 7.60. The van der Waals surface area contributed by atoms with E-state index in [2.05, 4.69) is 13.8 Å². The van der Waals surface area contributed by atoms with Crippen LogP contribution in [0.2, 0.25) is 0 Å². The Morgan fingerprint density at radius 3 is 2.73 bits per heavy atom. The molecule has 0 aromatic heterocycles. The predicted molar refractivity (Wildman–Crippen MR) is 46.4 cm³/mol. The minimum atomic E-state index is 0.406. The van der Waals surface area contributed by atoms with Crippen LogP contribution in [0.1, 0.15) is 46.0 Å². The molecule has 11 heavy (non-hydrogen) atoms. The Morgan fingerprint density at radius 1 is 1.45 bits per heavy atom. The molecule has 0 amide bonds. The first-order valence-corrected chi connectivity index (χ1v) is 4.73. The van der Waals surface area contributed by atoms with E-state index in [9.17, 15) is 4.79 Å². The van der Waals surface area contributed by atoms with Gasteiger partial charge in [-0.2, -0.15) is 0 Å². The lowest BCUT2D eigenvalue weighted by molar-refractivity contribution is -0.125. The van der Waals surface area contributed by atoms with Crippen LogP contribution in [0.25, 0.3) is 0 Å². The third kappa shape index (κ3) is 2.64. The summed E-state index contributed by atoms with van der Waals surface area (Å²) in [7, 11) is 0. The third-order valence-corrected chi connectivity index (χ3v) is 2.44. The molecular formula is C10H18O. The molecule has 64 valence electrons. The molecule has 1 fully saturated rings. The fraction of sp³-hybridized carbons (Fsp3) is 0.900. The summed E-state index contributed by atoms with van der Waals surface area (Å²) in [5.74, 6) is 1.61. The van der Waals surface area contributed by atoms with Crippen molar-refractivity contribution in [1.82, 2.24) is 0 Å². The highest BCUT2D eigenvalue weighted by Crippen LogP contribution is 2.25. The Balaban J connectivity index is 2.36. The van der Waals surface area contributed by atoms with Gasteiger partial charge in [-0.05, 0) is 25.2 Å². The fourth-order valence-corrected chi connectivity index (χ4v) is 1.87. The number of hydrogen-bond donors (Lipinski definition) is 0. The lowest BCUT2D eigenvalue weighted by atomic mass is 9.83. The molecule has 1 nitrogen and oxygen atoms in total. The number of carbonyl (C=O) groups is 1. The van der Waals surface area contributed by atoms with E-state index in [4.69, 9.17) is 0 Å². The summed E-state index contributed by atoms with van der Waals surface area (Å²) in [4.78, 5) is 11.3. The monoisotopic (exact) mass is 154 g/mol. The standard InChI is InChI=1S/C10H18O/c1-8(2)7-9-5-3-4-6-10(9)11/h8-9H,3-7H2,1-2H3/t9-/m1/s1. The molecule has 0 saturated heterocycles. The summed E-state index contributed by atoms with van der Waals surface area (Å²) < 4.78 is 0. The Kier molecular flexibility index (Phi) is 3.10. The highest BCUT2D eigenvalue weighted by molar-refractivity contribution is 5.81. The smallest absolute Gasteiger partial charge is 0.135 e. The number of hydrogen-bond acceptors (Lipinski definition) is 1. The quantitative estimate of drug-likeness (QED) is 0.597. The zero-order chi connectivity index (χ0) is 8.27. The van der Waals surface area contributed by atoms with Crippen molar-refractivity contribution < 1.29 is 4.79 Å². The fourth-order valence-electron chi connectivity index (χ4n) is 1.87. The van der Waals surface area contributed by atoms with Gasteiger partial charge in [0, 0.05) is 12.3 Å². The summed E-state index contributed by atoms with van der Waals surface area (Å²) >= 11 is 0. The summed E-state index contributed by atoms with van der Waals surface area (Å²) in [6.45, 7) is 4.39. The van der Waals surface area contributed by atoms with Crippen molar-refractivity contribution in [2.75, 3.05) is 0 Å². The van der Waals surface area contributed by atoms with Gasteiger partial charge in [0.1, 0.15) is 5.78 Å². The lowest BCUT2D eigenvalue weighted by Gasteiger charge is -2.21. The molecule has 1 aliphatic rings. The molecule has 0 aromatic carbocycles. The van der Waals surface area contributed by atoms with E-state index in [-0.39, 0.29) is 0 Å². The van der Waals surface area contributed by atoms with E-state index < -0.39 is 0 Å². The summed E-state index contributed by atoms with van der Waals surface area (Å²) in [6.07, 6.45) is 5.50. The van der Waals surface area contributed by atoms with Gasteiger partial charge < -0.3 is 0 Å². The van der Waals surface area contributed by atoms with Crippen LogP contribution in [-0.4, -0.2) is 5.78 Å². The first-order valence-electron chi connectivity index (χ1n) is 4.73. The molecule has 0 unspecified atom stereocenters. The van der Waals surface area contributed by atoms with Crippen LogP contribution in [0, 0.1) is 11.8 Å². The second-order valence-corrected chi connectivity index (χ2v) is 4.04. The van der Waals surface area contributed by atoms with Crippen LogP contribution < -0.4 is 0 Å². The number of Topliss-reactive ketones (excluding diaryl/α,β-unsaturated/α-hetero) is 1. The number of ketones is 1. The molecule has 1 aliphatic carbocycles. The summed E-state index contributed by atoms with van der Waals surface area (Å²) in [5, 5.41) is 0. The second kappa shape index (κ2) is 3.89. The van der Waals surface area contributed by atoms with Gasteiger partial charge in [0.25, 0.3) is 0 Å². The number of carbonyl (C=O) groups excluding carboxylic acids is 1. The maximum Gasteiger partial charge on any atom is 0.135 e. The first-order chi connectivity index (χ1) is 5.20. The van der Waals surface area contributed by atoms with Gasteiger partial charge in [0.15, 0.2) is 0 Å². The molecule has 0 aromatic rings. The van der Waals surface area contributed by atoms with E-state index >= 15 is 0 Å². The Morgan fingerprint density at radius 2 is 2.18 bits per heavy atom. The zero-order valence-corrected chi connectivity index (χ0v) is 7.60. The highest BCUT2D eigenvalue weighted by Gasteiger charge is 2.22. The Hall–Kier alpha value is -0.330. The van der Waals surface area contributed by atoms with Crippen molar-refractivity contribution in [3.8, 4) is 0 Å². The molecular weight excluding hydrogens is 136 g/mol. The van der Waals surface area contributed by atoms with E-state index in [1.807, 2.05) is 0 Å². The average molecular weight is 154 g/mol. The minimum absolute atomic E-state index is 0.406. The van der Waals surface area contributed by atoms with E-state index in [1.54, 1.807) is 0 Å². The van der Waals surface area contributed by atoms with Gasteiger partial charge in [-0.1, -0.05) is 20.3 Å². The molecule has 0 N–H and O–H groups in total. The molecule has 0 spiro atoms. The lowest BCUT2D eigenvalue weighted by Crippen LogP contribution is -2.20. The van der Waals surface area contributed by atoms with Crippen molar-refractivity contribution in [3.05, 3.63) is 0 Å². The van der Waals surface area contributed by atoms with Gasteiger partial charge in [-0.15, -0.1) is 0 Å². The molecule has 1 rings (SSSR count). The van der Waals surface area contributed by atoms with Crippen molar-refractivity contribution in [2.24, 2.45) is 11.8 Å². The maximum atomic E-state index is 11.3. The van der Waals surface area contributed by atoms with Crippen molar-refractivity contribution in [1.29, 1.82) is 0 Å². The summed E-state index contributed by atoms with van der Waals surface area (Å²) in [5.41, 5.74) is 0. The van der Waals surface area contributed by atoms with Crippen LogP contribution in [-0.2, 0) is 4.79 Å². The minimum Gasteiger partial charge on any atom is -0.299 e. The molecule has 1 saturated carbocycles. The molecule has 0 bridgehead atoms. The topological polar surface area (TPSA) is 17.1 Å². The largest absolute Gasteiger partial charge is 0.299 e. The van der Waals surface area contributed by atoms with Gasteiger partial charge in [0.05, 0.1) is 0 Å². The maximum absolute atomic E-state index is 11.3. The van der Waals surface area contributed by atoms with Gasteiger partial charge >= 0.3 is 0 Å². The molecule has 0 aliphatic heterocycles. The summed E-state index contributed by atoms with van der Waals surface area (Å²) in [6, 6.07) is 0. The van der Waals surface area contributed by atoms with Gasteiger partial charge in [0.2, 0.25) is 0 Å². The van der Waals surface area contributed by atoms with E-state index in [1.165, 1.54) is 6.42 Å².